The number of nitrogens with one attached hydrogen (secondary N) is 2. The number of carbonyl (C=O) groups excluding carboxylic acids is 1. The first-order valence-corrected chi connectivity index (χ1v) is 8.97. The third-order valence-electron chi connectivity index (χ3n) is 3.95. The summed E-state index contributed by atoms with van der Waals surface area (Å²) in [5.41, 5.74) is 1.02. The molecule has 2 N–H and O–H groups in total. The Hall–Kier alpha value is -0.830. The Morgan fingerprint density at radius 1 is 1.24 bits per heavy atom. The van der Waals surface area contributed by atoms with Crippen LogP contribution < -0.4 is 10.6 Å². The number of rotatable bonds is 9. The van der Waals surface area contributed by atoms with Gasteiger partial charge in [0.25, 0.3) is 0 Å². The molecule has 0 atom stereocenters. The molecule has 6 nitrogen and oxygen atoms in total. The second kappa shape index (κ2) is 14.4. The summed E-state index contributed by atoms with van der Waals surface area (Å²) in [6.45, 7) is 8.13. The van der Waals surface area contributed by atoms with Crippen molar-refractivity contribution in [1.29, 1.82) is 0 Å². The van der Waals surface area contributed by atoms with Gasteiger partial charge in [-0.25, -0.2) is 4.99 Å². The number of carbonyl (C=O) groups is 1. The molecule has 0 bridgehead atoms. The third-order valence-corrected chi connectivity index (χ3v) is 3.95. The van der Waals surface area contributed by atoms with E-state index < -0.39 is 0 Å². The molecule has 0 aromatic carbocycles. The summed E-state index contributed by atoms with van der Waals surface area (Å²) in [5, 5.41) is 6.44. The van der Waals surface area contributed by atoms with Crippen LogP contribution in [-0.4, -0.2) is 63.2 Å². The highest BCUT2D eigenvalue weighted by Crippen LogP contribution is 2.20. The van der Waals surface area contributed by atoms with Crippen LogP contribution >= 0.6 is 24.0 Å². The van der Waals surface area contributed by atoms with E-state index in [4.69, 9.17) is 4.74 Å². The molecule has 1 fully saturated rings. The van der Waals surface area contributed by atoms with E-state index in [1.807, 2.05) is 6.92 Å². The summed E-state index contributed by atoms with van der Waals surface area (Å²) in [6.07, 6.45) is 7.72. The SMILES string of the molecule is C=C(C)CNC(=NCC(=O)N(C)C)NCCCOC1CCCCC1.I. The molecule has 0 aromatic heterocycles. The van der Waals surface area contributed by atoms with Crippen molar-refractivity contribution in [3.8, 4) is 0 Å². The molecular formula is C18H35IN4O2. The van der Waals surface area contributed by atoms with Crippen molar-refractivity contribution in [2.75, 3.05) is 40.3 Å². The normalized spacial score (nSPS) is 15.2. The van der Waals surface area contributed by atoms with Gasteiger partial charge in [-0.15, -0.1) is 24.0 Å². The van der Waals surface area contributed by atoms with Crippen molar-refractivity contribution >= 4 is 35.8 Å². The van der Waals surface area contributed by atoms with E-state index in [9.17, 15) is 4.79 Å². The Kier molecular flexibility index (Phi) is 13.9. The van der Waals surface area contributed by atoms with Gasteiger partial charge in [-0.05, 0) is 26.2 Å². The molecule has 25 heavy (non-hydrogen) atoms. The van der Waals surface area contributed by atoms with Crippen molar-refractivity contribution in [3.63, 3.8) is 0 Å². The Morgan fingerprint density at radius 2 is 1.92 bits per heavy atom. The Bertz CT molecular complexity index is 421. The quantitative estimate of drug-likeness (QED) is 0.180. The van der Waals surface area contributed by atoms with Crippen LogP contribution in [0.15, 0.2) is 17.1 Å². The lowest BCUT2D eigenvalue weighted by Crippen LogP contribution is -2.40. The minimum Gasteiger partial charge on any atom is -0.378 e. The first kappa shape index (κ1) is 24.2. The van der Waals surface area contributed by atoms with Crippen LogP contribution in [0.1, 0.15) is 45.4 Å². The van der Waals surface area contributed by atoms with Gasteiger partial charge in [0, 0.05) is 33.8 Å². The van der Waals surface area contributed by atoms with Crippen LogP contribution in [-0.2, 0) is 9.53 Å². The van der Waals surface area contributed by atoms with E-state index in [2.05, 4.69) is 22.2 Å². The molecule has 0 aromatic rings. The number of halogens is 1. The molecule has 1 amide bonds. The number of hydrogen-bond acceptors (Lipinski definition) is 3. The van der Waals surface area contributed by atoms with Gasteiger partial charge in [0.05, 0.1) is 6.10 Å². The lowest BCUT2D eigenvalue weighted by molar-refractivity contribution is -0.127. The largest absolute Gasteiger partial charge is 0.378 e. The molecule has 0 spiro atoms. The lowest BCUT2D eigenvalue weighted by atomic mass is 9.98. The van der Waals surface area contributed by atoms with Gasteiger partial charge in [-0.2, -0.15) is 0 Å². The molecule has 0 heterocycles. The molecule has 146 valence electrons. The van der Waals surface area contributed by atoms with Crippen LogP contribution in [0.4, 0.5) is 0 Å². The van der Waals surface area contributed by atoms with Crippen molar-refractivity contribution in [1.82, 2.24) is 15.5 Å². The summed E-state index contributed by atoms with van der Waals surface area (Å²) in [4.78, 5) is 17.5. The van der Waals surface area contributed by atoms with Crippen LogP contribution in [0.5, 0.6) is 0 Å². The van der Waals surface area contributed by atoms with Gasteiger partial charge in [0.15, 0.2) is 5.96 Å². The highest BCUT2D eigenvalue weighted by Gasteiger charge is 2.13. The number of amides is 1. The first-order valence-electron chi connectivity index (χ1n) is 8.97. The molecule has 1 aliphatic rings. The average molecular weight is 466 g/mol. The van der Waals surface area contributed by atoms with E-state index >= 15 is 0 Å². The summed E-state index contributed by atoms with van der Waals surface area (Å²) in [6, 6.07) is 0. The van der Waals surface area contributed by atoms with Crippen LogP contribution in [0.25, 0.3) is 0 Å². The zero-order chi connectivity index (χ0) is 17.8. The van der Waals surface area contributed by atoms with Crippen LogP contribution in [0, 0.1) is 0 Å². The van der Waals surface area contributed by atoms with Crippen LogP contribution in [0.2, 0.25) is 0 Å². The Labute approximate surface area is 169 Å². The van der Waals surface area contributed by atoms with E-state index in [0.717, 1.165) is 25.1 Å². The maximum atomic E-state index is 11.7. The highest BCUT2D eigenvalue weighted by atomic mass is 127. The lowest BCUT2D eigenvalue weighted by Gasteiger charge is -2.22. The first-order chi connectivity index (χ1) is 11.5. The summed E-state index contributed by atoms with van der Waals surface area (Å²) in [5.74, 6) is 0.623. The molecule has 0 unspecified atom stereocenters. The maximum absolute atomic E-state index is 11.7. The molecule has 0 radical (unpaired) electrons. The van der Waals surface area contributed by atoms with Gasteiger partial charge in [-0.3, -0.25) is 4.79 Å². The van der Waals surface area contributed by atoms with Crippen molar-refractivity contribution in [3.05, 3.63) is 12.2 Å². The minimum atomic E-state index is -0.0212. The minimum absolute atomic E-state index is 0. The fourth-order valence-electron chi connectivity index (χ4n) is 2.46. The summed E-state index contributed by atoms with van der Waals surface area (Å²) >= 11 is 0. The topological polar surface area (TPSA) is 66.0 Å². The molecule has 1 saturated carbocycles. The second-order valence-electron chi connectivity index (χ2n) is 6.67. The second-order valence-corrected chi connectivity index (χ2v) is 6.67. The third kappa shape index (κ3) is 12.2. The van der Waals surface area contributed by atoms with Gasteiger partial charge in [0.2, 0.25) is 5.91 Å². The predicted octanol–water partition coefficient (Wildman–Crippen LogP) is 2.54. The van der Waals surface area contributed by atoms with Gasteiger partial charge in [0.1, 0.15) is 6.54 Å². The smallest absolute Gasteiger partial charge is 0.243 e. The fraction of sp³-hybridized carbons (Fsp3) is 0.778. The zero-order valence-corrected chi connectivity index (χ0v) is 18.3. The van der Waals surface area contributed by atoms with E-state index in [0.29, 0.717) is 18.6 Å². The number of likely N-dealkylation sites (N-methyl/N-ethyl adjacent to an activating group) is 1. The number of nitrogens with zero attached hydrogens (tertiary/aromatic N) is 2. The van der Waals surface area contributed by atoms with Gasteiger partial charge in [-0.1, -0.05) is 31.4 Å². The van der Waals surface area contributed by atoms with Crippen molar-refractivity contribution < 1.29 is 9.53 Å². The van der Waals surface area contributed by atoms with E-state index in [-0.39, 0.29) is 36.4 Å². The van der Waals surface area contributed by atoms with Gasteiger partial charge >= 0.3 is 0 Å². The number of guanidine groups is 1. The van der Waals surface area contributed by atoms with E-state index in [1.165, 1.54) is 37.0 Å². The maximum Gasteiger partial charge on any atom is 0.243 e. The predicted molar refractivity (Wildman–Crippen MR) is 115 cm³/mol. The monoisotopic (exact) mass is 466 g/mol. The zero-order valence-electron chi connectivity index (χ0n) is 16.0. The number of hydrogen-bond donors (Lipinski definition) is 2. The molecule has 1 aliphatic carbocycles. The number of aliphatic imine (C=N–C) groups is 1. The standard InChI is InChI=1S/C18H34N4O2.HI/c1-15(2)13-20-18(21-14-17(23)22(3)4)19-11-8-12-24-16-9-6-5-7-10-16;/h16H,1,5-14H2,2-4H3,(H2,19,20,21);1H. The molecular weight excluding hydrogens is 431 g/mol. The Morgan fingerprint density at radius 3 is 2.52 bits per heavy atom. The van der Waals surface area contributed by atoms with Crippen LogP contribution in [0.3, 0.4) is 0 Å². The van der Waals surface area contributed by atoms with Crippen molar-refractivity contribution in [2.45, 2.75) is 51.6 Å². The summed E-state index contributed by atoms with van der Waals surface area (Å²) < 4.78 is 5.92. The number of ether oxygens (including phenoxy) is 1. The summed E-state index contributed by atoms with van der Waals surface area (Å²) in [7, 11) is 3.46. The Balaban J connectivity index is 0.00000576. The molecule has 0 aliphatic heterocycles. The highest BCUT2D eigenvalue weighted by molar-refractivity contribution is 14.0. The molecule has 7 heteroatoms. The van der Waals surface area contributed by atoms with E-state index in [1.54, 1.807) is 14.1 Å². The average Bonchev–Trinajstić information content (AvgIpc) is 2.56. The fourth-order valence-corrected chi connectivity index (χ4v) is 2.46. The van der Waals surface area contributed by atoms with Gasteiger partial charge < -0.3 is 20.3 Å². The molecule has 0 saturated heterocycles. The molecule has 1 rings (SSSR count). The van der Waals surface area contributed by atoms with Crippen molar-refractivity contribution in [2.24, 2.45) is 4.99 Å².